The molecular formula is C18H21IN2. The van der Waals surface area contributed by atoms with Gasteiger partial charge in [-0.2, -0.15) is 0 Å². The van der Waals surface area contributed by atoms with Gasteiger partial charge in [0.25, 0.3) is 0 Å². The summed E-state index contributed by atoms with van der Waals surface area (Å²) in [5.41, 5.74) is 4.11. The second-order valence-electron chi connectivity index (χ2n) is 5.64. The topological polar surface area (TPSA) is 24.9 Å². The van der Waals surface area contributed by atoms with Crippen LogP contribution in [-0.4, -0.2) is 11.5 Å². The highest BCUT2D eigenvalue weighted by molar-refractivity contribution is 14.1. The number of nitrogens with zero attached hydrogens (tertiary/aromatic N) is 1. The molecule has 1 aliphatic carbocycles. The molecule has 1 aromatic carbocycles. The minimum absolute atomic E-state index is 0.360. The van der Waals surface area contributed by atoms with Crippen LogP contribution in [0.5, 0.6) is 0 Å². The number of hydrogen-bond donors (Lipinski definition) is 1. The monoisotopic (exact) mass is 392 g/mol. The maximum absolute atomic E-state index is 4.71. The van der Waals surface area contributed by atoms with Crippen molar-refractivity contribution in [3.63, 3.8) is 0 Å². The Morgan fingerprint density at radius 3 is 3.05 bits per heavy atom. The van der Waals surface area contributed by atoms with E-state index in [2.05, 4.69) is 71.2 Å². The molecule has 1 aliphatic rings. The molecule has 3 rings (SSSR count). The van der Waals surface area contributed by atoms with Gasteiger partial charge in [0, 0.05) is 27.4 Å². The Balaban J connectivity index is 1.99. The molecule has 0 radical (unpaired) electrons. The van der Waals surface area contributed by atoms with Crippen molar-refractivity contribution in [1.82, 2.24) is 10.3 Å². The highest BCUT2D eigenvalue weighted by Crippen LogP contribution is 2.39. The molecule has 1 aromatic heterocycles. The Kier molecular flexibility index (Phi) is 4.91. The smallest absolute Gasteiger partial charge is 0.0485 e. The zero-order valence-corrected chi connectivity index (χ0v) is 14.5. The number of likely N-dealkylation sites (N-methyl/N-ethyl adjacent to an activating group) is 1. The van der Waals surface area contributed by atoms with Gasteiger partial charge in [-0.3, -0.25) is 4.98 Å². The summed E-state index contributed by atoms with van der Waals surface area (Å²) in [5.74, 6) is 0.480. The predicted octanol–water partition coefficient (Wildman–Crippen LogP) is 4.46. The fourth-order valence-corrected chi connectivity index (χ4v) is 3.95. The Labute approximate surface area is 140 Å². The molecule has 3 heteroatoms. The molecule has 1 N–H and O–H groups in total. The standard InChI is InChI=1S/C18H21IN2/c1-2-20-18(14-7-3-9-15(19)12-14)16-10-4-6-13-8-5-11-21-17(13)16/h3,5,7-9,11-12,16,18,20H,2,4,6,10H2,1H3. The second kappa shape index (κ2) is 6.88. The number of halogens is 1. The molecule has 2 nitrogen and oxygen atoms in total. The van der Waals surface area contributed by atoms with Gasteiger partial charge in [0.15, 0.2) is 0 Å². The van der Waals surface area contributed by atoms with Gasteiger partial charge in [0.2, 0.25) is 0 Å². The molecule has 2 unspecified atom stereocenters. The van der Waals surface area contributed by atoms with Crippen molar-refractivity contribution in [2.75, 3.05) is 6.54 Å². The van der Waals surface area contributed by atoms with Gasteiger partial charge in [-0.05, 0) is 77.7 Å². The number of nitrogens with one attached hydrogen (secondary N) is 1. The molecule has 0 spiro atoms. The summed E-state index contributed by atoms with van der Waals surface area (Å²) in [6, 6.07) is 13.5. The van der Waals surface area contributed by atoms with E-state index < -0.39 is 0 Å². The van der Waals surface area contributed by atoms with Gasteiger partial charge in [-0.25, -0.2) is 0 Å². The molecule has 0 saturated carbocycles. The Morgan fingerprint density at radius 2 is 2.24 bits per heavy atom. The summed E-state index contributed by atoms with van der Waals surface area (Å²) in [6.45, 7) is 3.16. The summed E-state index contributed by atoms with van der Waals surface area (Å²) in [7, 11) is 0. The van der Waals surface area contributed by atoms with Crippen molar-refractivity contribution in [1.29, 1.82) is 0 Å². The third-order valence-electron chi connectivity index (χ3n) is 4.27. The van der Waals surface area contributed by atoms with Crippen LogP contribution in [0.2, 0.25) is 0 Å². The Bertz CT molecular complexity index is 612. The first-order valence-corrected chi connectivity index (χ1v) is 8.80. The number of fused-ring (bicyclic) bond motifs is 1. The SMILES string of the molecule is CCNC(c1cccc(I)c1)C1CCCc2cccnc21. The van der Waals surface area contributed by atoms with Crippen LogP contribution >= 0.6 is 22.6 Å². The van der Waals surface area contributed by atoms with Gasteiger partial charge in [-0.15, -0.1) is 0 Å². The average Bonchev–Trinajstić information content (AvgIpc) is 2.52. The van der Waals surface area contributed by atoms with Crippen molar-refractivity contribution in [2.45, 2.75) is 38.1 Å². The fraction of sp³-hybridized carbons (Fsp3) is 0.389. The van der Waals surface area contributed by atoms with Gasteiger partial charge < -0.3 is 5.32 Å². The number of aromatic nitrogens is 1. The molecule has 0 saturated heterocycles. The maximum atomic E-state index is 4.71. The molecule has 2 aromatic rings. The van der Waals surface area contributed by atoms with Gasteiger partial charge in [0.05, 0.1) is 0 Å². The van der Waals surface area contributed by atoms with Crippen LogP contribution in [0.4, 0.5) is 0 Å². The van der Waals surface area contributed by atoms with Crippen molar-refractivity contribution in [2.24, 2.45) is 0 Å². The molecule has 1 heterocycles. The molecule has 110 valence electrons. The van der Waals surface area contributed by atoms with Crippen LogP contribution in [0.3, 0.4) is 0 Å². The Morgan fingerprint density at radius 1 is 1.33 bits per heavy atom. The van der Waals surface area contributed by atoms with E-state index >= 15 is 0 Å². The Hall–Kier alpha value is -0.940. The number of hydrogen-bond acceptors (Lipinski definition) is 2. The molecular weight excluding hydrogens is 371 g/mol. The van der Waals surface area contributed by atoms with E-state index in [4.69, 9.17) is 4.98 Å². The molecule has 2 atom stereocenters. The molecule has 21 heavy (non-hydrogen) atoms. The van der Waals surface area contributed by atoms with E-state index in [9.17, 15) is 0 Å². The molecule has 0 fully saturated rings. The lowest BCUT2D eigenvalue weighted by Crippen LogP contribution is -2.30. The third kappa shape index (κ3) is 3.29. The molecule has 0 aliphatic heterocycles. The van der Waals surface area contributed by atoms with Crippen LogP contribution in [0, 0.1) is 3.57 Å². The first-order chi connectivity index (χ1) is 10.3. The van der Waals surface area contributed by atoms with E-state index in [1.165, 1.54) is 39.7 Å². The lowest BCUT2D eigenvalue weighted by molar-refractivity contribution is 0.400. The quantitative estimate of drug-likeness (QED) is 0.778. The number of benzene rings is 1. The second-order valence-corrected chi connectivity index (χ2v) is 6.88. The first kappa shape index (κ1) is 15.0. The zero-order valence-electron chi connectivity index (χ0n) is 12.3. The first-order valence-electron chi connectivity index (χ1n) is 7.72. The third-order valence-corrected chi connectivity index (χ3v) is 4.94. The largest absolute Gasteiger partial charge is 0.310 e. The fourth-order valence-electron chi connectivity index (χ4n) is 3.38. The molecule has 0 amide bonds. The van der Waals surface area contributed by atoms with Crippen LogP contribution in [-0.2, 0) is 6.42 Å². The number of pyridine rings is 1. The normalized spacial score (nSPS) is 19.0. The van der Waals surface area contributed by atoms with E-state index in [-0.39, 0.29) is 0 Å². The lowest BCUT2D eigenvalue weighted by atomic mass is 9.79. The van der Waals surface area contributed by atoms with E-state index in [1.807, 2.05) is 6.20 Å². The minimum Gasteiger partial charge on any atom is -0.310 e. The molecule has 0 bridgehead atoms. The number of aryl methyl sites for hydroxylation is 1. The van der Waals surface area contributed by atoms with E-state index in [0.717, 1.165) is 6.54 Å². The average molecular weight is 392 g/mol. The summed E-state index contributed by atoms with van der Waals surface area (Å²) in [6.07, 6.45) is 5.59. The number of rotatable bonds is 4. The van der Waals surface area contributed by atoms with Crippen molar-refractivity contribution in [3.8, 4) is 0 Å². The van der Waals surface area contributed by atoms with Crippen LogP contribution in [0.15, 0.2) is 42.6 Å². The summed E-state index contributed by atoms with van der Waals surface area (Å²) in [5, 5.41) is 3.69. The van der Waals surface area contributed by atoms with Crippen LogP contribution < -0.4 is 5.32 Å². The van der Waals surface area contributed by atoms with Gasteiger partial charge in [-0.1, -0.05) is 25.1 Å². The van der Waals surface area contributed by atoms with E-state index in [1.54, 1.807) is 0 Å². The minimum atomic E-state index is 0.360. The maximum Gasteiger partial charge on any atom is 0.0485 e. The van der Waals surface area contributed by atoms with E-state index in [0.29, 0.717) is 12.0 Å². The van der Waals surface area contributed by atoms with Crippen molar-refractivity contribution >= 4 is 22.6 Å². The summed E-state index contributed by atoms with van der Waals surface area (Å²) in [4.78, 5) is 4.71. The van der Waals surface area contributed by atoms with Crippen molar-refractivity contribution in [3.05, 3.63) is 63.0 Å². The van der Waals surface area contributed by atoms with Crippen LogP contribution in [0.25, 0.3) is 0 Å². The summed E-state index contributed by atoms with van der Waals surface area (Å²) < 4.78 is 1.30. The zero-order chi connectivity index (χ0) is 14.7. The van der Waals surface area contributed by atoms with Crippen LogP contribution in [0.1, 0.15) is 48.5 Å². The highest BCUT2D eigenvalue weighted by atomic mass is 127. The van der Waals surface area contributed by atoms with Gasteiger partial charge in [0.1, 0.15) is 0 Å². The lowest BCUT2D eigenvalue weighted by Gasteiger charge is -2.32. The predicted molar refractivity (Wildman–Crippen MR) is 95.5 cm³/mol. The van der Waals surface area contributed by atoms with Gasteiger partial charge >= 0.3 is 0 Å². The van der Waals surface area contributed by atoms with Crippen molar-refractivity contribution < 1.29 is 0 Å². The highest BCUT2D eigenvalue weighted by Gasteiger charge is 2.29. The summed E-state index contributed by atoms with van der Waals surface area (Å²) >= 11 is 2.39.